The predicted octanol–water partition coefficient (Wildman–Crippen LogP) is 4.56. The molecule has 26 heavy (non-hydrogen) atoms. The van der Waals surface area contributed by atoms with Crippen LogP contribution in [0.15, 0.2) is 48.5 Å². The first-order valence-corrected chi connectivity index (χ1v) is 9.07. The molecular formula is C21H27N3O2. The number of nitrogens with one attached hydrogen (secondary N) is 3. The van der Waals surface area contributed by atoms with Gasteiger partial charge in [0.25, 0.3) is 0 Å². The first kappa shape index (κ1) is 19.5. The van der Waals surface area contributed by atoms with Crippen LogP contribution in [0, 0.1) is 6.92 Å². The number of unbranched alkanes of at least 4 members (excludes halogenated alkanes) is 2. The number of benzene rings is 2. The molecule has 0 fully saturated rings. The maximum atomic E-state index is 12.0. The van der Waals surface area contributed by atoms with Crippen molar-refractivity contribution in [3.8, 4) is 0 Å². The summed E-state index contributed by atoms with van der Waals surface area (Å²) in [5, 5.41) is 8.82. The van der Waals surface area contributed by atoms with Gasteiger partial charge in [0.1, 0.15) is 0 Å². The fourth-order valence-corrected chi connectivity index (χ4v) is 2.49. The van der Waals surface area contributed by atoms with E-state index in [9.17, 15) is 9.59 Å². The van der Waals surface area contributed by atoms with Gasteiger partial charge in [0, 0.05) is 23.5 Å². The van der Waals surface area contributed by atoms with E-state index >= 15 is 0 Å². The highest BCUT2D eigenvalue weighted by Gasteiger charge is 2.05. The number of amides is 2. The third-order valence-electron chi connectivity index (χ3n) is 3.94. The Morgan fingerprint density at radius 2 is 1.54 bits per heavy atom. The monoisotopic (exact) mass is 353 g/mol. The van der Waals surface area contributed by atoms with Gasteiger partial charge in [-0.25, -0.2) is 0 Å². The lowest BCUT2D eigenvalue weighted by molar-refractivity contribution is -0.116. The van der Waals surface area contributed by atoms with Crippen molar-refractivity contribution in [2.75, 3.05) is 22.5 Å². The van der Waals surface area contributed by atoms with Gasteiger partial charge in [0.15, 0.2) is 0 Å². The van der Waals surface area contributed by atoms with Crippen LogP contribution >= 0.6 is 0 Å². The lowest BCUT2D eigenvalue weighted by atomic mass is 10.2. The summed E-state index contributed by atoms with van der Waals surface area (Å²) >= 11 is 0. The van der Waals surface area contributed by atoms with Crippen LogP contribution in [0.5, 0.6) is 0 Å². The van der Waals surface area contributed by atoms with E-state index in [1.54, 1.807) is 0 Å². The molecule has 5 heteroatoms. The molecule has 0 spiro atoms. The van der Waals surface area contributed by atoms with Gasteiger partial charge in [0.05, 0.1) is 6.54 Å². The summed E-state index contributed by atoms with van der Waals surface area (Å²) in [7, 11) is 0. The topological polar surface area (TPSA) is 70.2 Å². The zero-order valence-corrected chi connectivity index (χ0v) is 15.5. The molecule has 0 aliphatic carbocycles. The highest BCUT2D eigenvalue weighted by atomic mass is 16.2. The smallest absolute Gasteiger partial charge is 0.243 e. The molecule has 5 nitrogen and oxygen atoms in total. The number of anilines is 3. The average molecular weight is 353 g/mol. The number of rotatable bonds is 9. The lowest BCUT2D eigenvalue weighted by Gasteiger charge is -2.10. The molecule has 0 atom stereocenters. The Morgan fingerprint density at radius 3 is 2.27 bits per heavy atom. The number of hydrogen-bond donors (Lipinski definition) is 3. The van der Waals surface area contributed by atoms with Crippen molar-refractivity contribution in [3.05, 3.63) is 54.1 Å². The lowest BCUT2D eigenvalue weighted by Crippen LogP contribution is -2.21. The fourth-order valence-electron chi connectivity index (χ4n) is 2.49. The summed E-state index contributed by atoms with van der Waals surface area (Å²) in [5.74, 6) is -0.101. The largest absolute Gasteiger partial charge is 0.376 e. The maximum absolute atomic E-state index is 12.0. The van der Waals surface area contributed by atoms with Gasteiger partial charge in [-0.05, 0) is 43.7 Å². The molecule has 0 aromatic heterocycles. The number of carbonyl (C=O) groups is 2. The van der Waals surface area contributed by atoms with E-state index in [1.165, 1.54) is 0 Å². The Kier molecular flexibility index (Phi) is 7.68. The maximum Gasteiger partial charge on any atom is 0.243 e. The SMILES string of the molecule is CCCCCC(=O)Nc1cccc(NCC(=O)Nc2ccc(C)cc2)c1. The van der Waals surface area contributed by atoms with E-state index in [2.05, 4.69) is 22.9 Å². The zero-order chi connectivity index (χ0) is 18.8. The van der Waals surface area contributed by atoms with Crippen LogP contribution in [-0.4, -0.2) is 18.4 Å². The van der Waals surface area contributed by atoms with E-state index in [0.29, 0.717) is 6.42 Å². The zero-order valence-electron chi connectivity index (χ0n) is 15.5. The Hall–Kier alpha value is -2.82. The fraction of sp³-hybridized carbons (Fsp3) is 0.333. The first-order valence-electron chi connectivity index (χ1n) is 9.07. The Labute approximate surface area is 155 Å². The molecule has 2 rings (SSSR count). The summed E-state index contributed by atoms with van der Waals surface area (Å²) in [6, 6.07) is 15.1. The van der Waals surface area contributed by atoms with E-state index in [-0.39, 0.29) is 18.4 Å². The standard InChI is InChI=1S/C21H27N3O2/c1-3-4-5-9-20(25)24-19-8-6-7-18(14-19)22-15-21(26)23-17-12-10-16(2)11-13-17/h6-8,10-14,22H,3-5,9,15H2,1-2H3,(H,23,26)(H,24,25). The number of carbonyl (C=O) groups excluding carboxylic acids is 2. The van der Waals surface area contributed by atoms with Crippen LogP contribution in [0.1, 0.15) is 38.2 Å². The highest BCUT2D eigenvalue weighted by Crippen LogP contribution is 2.16. The molecule has 0 aliphatic rings. The minimum absolute atomic E-state index is 0.0210. The average Bonchev–Trinajstić information content (AvgIpc) is 2.62. The molecule has 138 valence electrons. The molecule has 0 bridgehead atoms. The van der Waals surface area contributed by atoms with Gasteiger partial charge in [-0.1, -0.05) is 43.5 Å². The van der Waals surface area contributed by atoms with Crippen molar-refractivity contribution >= 4 is 28.9 Å². The normalized spacial score (nSPS) is 10.2. The molecule has 0 unspecified atom stereocenters. The van der Waals surface area contributed by atoms with Crippen molar-refractivity contribution < 1.29 is 9.59 Å². The quantitative estimate of drug-likeness (QED) is 0.579. The van der Waals surface area contributed by atoms with Crippen molar-refractivity contribution in [2.24, 2.45) is 0 Å². The van der Waals surface area contributed by atoms with Crippen molar-refractivity contribution in [1.82, 2.24) is 0 Å². The second kappa shape index (κ2) is 10.2. The highest BCUT2D eigenvalue weighted by molar-refractivity contribution is 5.94. The molecule has 0 heterocycles. The van der Waals surface area contributed by atoms with Gasteiger partial charge in [-0.2, -0.15) is 0 Å². The van der Waals surface area contributed by atoms with Gasteiger partial charge in [-0.15, -0.1) is 0 Å². The summed E-state index contributed by atoms with van der Waals surface area (Å²) < 4.78 is 0. The Morgan fingerprint density at radius 1 is 0.846 bits per heavy atom. The van der Waals surface area contributed by atoms with Gasteiger partial charge in [0.2, 0.25) is 11.8 Å². The number of aryl methyl sites for hydroxylation is 1. The minimum Gasteiger partial charge on any atom is -0.376 e. The molecule has 2 amide bonds. The third-order valence-corrected chi connectivity index (χ3v) is 3.94. The van der Waals surface area contributed by atoms with E-state index in [4.69, 9.17) is 0 Å². The van der Waals surface area contributed by atoms with E-state index < -0.39 is 0 Å². The Balaban J connectivity index is 1.81. The molecule has 0 radical (unpaired) electrons. The Bertz CT molecular complexity index is 726. The first-order chi connectivity index (χ1) is 12.6. The minimum atomic E-state index is -0.122. The van der Waals surface area contributed by atoms with Crippen LogP contribution in [0.4, 0.5) is 17.1 Å². The molecule has 2 aromatic rings. The summed E-state index contributed by atoms with van der Waals surface area (Å²) in [6.07, 6.45) is 3.59. The molecule has 2 aromatic carbocycles. The number of hydrogen-bond acceptors (Lipinski definition) is 3. The van der Waals surface area contributed by atoms with Gasteiger partial charge >= 0.3 is 0 Å². The second-order valence-corrected chi connectivity index (χ2v) is 6.35. The summed E-state index contributed by atoms with van der Waals surface area (Å²) in [5.41, 5.74) is 3.44. The van der Waals surface area contributed by atoms with Crippen LogP contribution in [0.25, 0.3) is 0 Å². The molecule has 0 saturated heterocycles. The van der Waals surface area contributed by atoms with Crippen LogP contribution in [-0.2, 0) is 9.59 Å². The van der Waals surface area contributed by atoms with E-state index in [0.717, 1.165) is 41.9 Å². The second-order valence-electron chi connectivity index (χ2n) is 6.35. The molecule has 3 N–H and O–H groups in total. The van der Waals surface area contributed by atoms with Crippen molar-refractivity contribution in [3.63, 3.8) is 0 Å². The molecular weight excluding hydrogens is 326 g/mol. The van der Waals surface area contributed by atoms with Crippen molar-refractivity contribution in [1.29, 1.82) is 0 Å². The summed E-state index contributed by atoms with van der Waals surface area (Å²) in [4.78, 5) is 23.9. The van der Waals surface area contributed by atoms with Crippen LogP contribution in [0.2, 0.25) is 0 Å². The van der Waals surface area contributed by atoms with Gasteiger partial charge in [-0.3, -0.25) is 9.59 Å². The van der Waals surface area contributed by atoms with Gasteiger partial charge < -0.3 is 16.0 Å². The predicted molar refractivity (Wildman–Crippen MR) is 108 cm³/mol. The molecule has 0 aliphatic heterocycles. The van der Waals surface area contributed by atoms with Crippen LogP contribution < -0.4 is 16.0 Å². The van der Waals surface area contributed by atoms with E-state index in [1.807, 2.05) is 55.5 Å². The summed E-state index contributed by atoms with van der Waals surface area (Å²) in [6.45, 7) is 4.27. The van der Waals surface area contributed by atoms with Crippen LogP contribution in [0.3, 0.4) is 0 Å². The van der Waals surface area contributed by atoms with Crippen molar-refractivity contribution in [2.45, 2.75) is 39.5 Å². The third kappa shape index (κ3) is 6.97. The molecule has 0 saturated carbocycles.